The van der Waals surface area contributed by atoms with Gasteiger partial charge in [0.25, 0.3) is 0 Å². The van der Waals surface area contributed by atoms with Gasteiger partial charge >= 0.3 is 5.97 Å². The molecule has 9 heteroatoms. The summed E-state index contributed by atoms with van der Waals surface area (Å²) in [7, 11) is -3.71. The van der Waals surface area contributed by atoms with Gasteiger partial charge in [0.1, 0.15) is 0 Å². The van der Waals surface area contributed by atoms with Gasteiger partial charge in [-0.1, -0.05) is 6.07 Å². The zero-order valence-electron chi connectivity index (χ0n) is 17.1. The molecule has 4 rings (SSSR count). The summed E-state index contributed by atoms with van der Waals surface area (Å²) in [5.41, 5.74) is 0.988. The Morgan fingerprint density at radius 2 is 1.81 bits per heavy atom. The molecular weight excluding hydrogens is 422 g/mol. The van der Waals surface area contributed by atoms with E-state index in [1.54, 1.807) is 31.2 Å². The van der Waals surface area contributed by atoms with Crippen LogP contribution in [0.1, 0.15) is 45.5 Å². The van der Waals surface area contributed by atoms with Crippen LogP contribution in [0.15, 0.2) is 41.3 Å². The summed E-state index contributed by atoms with van der Waals surface area (Å²) in [5, 5.41) is 0. The lowest BCUT2D eigenvalue weighted by Crippen LogP contribution is -2.26. The molecule has 2 aromatic rings. The Morgan fingerprint density at radius 3 is 2.55 bits per heavy atom. The third kappa shape index (κ3) is 5.05. The summed E-state index contributed by atoms with van der Waals surface area (Å²) in [6, 6.07) is 9.03. The molecule has 0 saturated heterocycles. The van der Waals surface area contributed by atoms with Crippen LogP contribution >= 0.6 is 0 Å². The molecule has 0 bridgehead atoms. The molecule has 0 spiro atoms. The number of carbonyl (C=O) groups is 2. The molecule has 2 aromatic carbocycles. The van der Waals surface area contributed by atoms with E-state index in [9.17, 15) is 18.0 Å². The molecule has 2 aliphatic rings. The zero-order valence-corrected chi connectivity index (χ0v) is 17.9. The first-order valence-corrected chi connectivity index (χ1v) is 11.5. The predicted molar refractivity (Wildman–Crippen MR) is 111 cm³/mol. The summed E-state index contributed by atoms with van der Waals surface area (Å²) in [4.78, 5) is 25.1. The monoisotopic (exact) mass is 445 g/mol. The minimum atomic E-state index is -3.71. The zero-order chi connectivity index (χ0) is 22.0. The third-order valence-electron chi connectivity index (χ3n) is 5.04. The van der Waals surface area contributed by atoms with Crippen LogP contribution in [0.4, 0.5) is 0 Å². The maximum Gasteiger partial charge on any atom is 0.338 e. The Balaban J connectivity index is 1.44. The van der Waals surface area contributed by atoms with Crippen molar-refractivity contribution in [2.75, 3.05) is 19.8 Å². The van der Waals surface area contributed by atoms with Crippen LogP contribution in [-0.2, 0) is 14.8 Å². The Bertz CT molecular complexity index is 1120. The van der Waals surface area contributed by atoms with Crippen molar-refractivity contribution in [2.24, 2.45) is 0 Å². The van der Waals surface area contributed by atoms with Crippen LogP contribution in [0.2, 0.25) is 0 Å². The molecular formula is C22H23NO7S. The molecule has 1 aliphatic carbocycles. The Hall–Kier alpha value is -2.91. The number of esters is 1. The quantitative estimate of drug-likeness (QED) is 0.516. The minimum absolute atomic E-state index is 0.00817. The van der Waals surface area contributed by atoms with Crippen molar-refractivity contribution >= 4 is 21.8 Å². The topological polar surface area (TPSA) is 108 Å². The van der Waals surface area contributed by atoms with Crippen molar-refractivity contribution in [1.29, 1.82) is 0 Å². The van der Waals surface area contributed by atoms with Crippen LogP contribution in [0.25, 0.3) is 0 Å². The summed E-state index contributed by atoms with van der Waals surface area (Å²) >= 11 is 0. The number of hydrogen-bond donors (Lipinski definition) is 1. The molecule has 1 heterocycles. The first-order valence-electron chi connectivity index (χ1n) is 10.1. The number of sulfonamides is 1. The standard InChI is InChI=1S/C22H23NO7S/c1-14-3-7-17(31(26,27)23-16-5-6-16)12-18(14)22(25)30-13-19(24)15-4-8-20-21(11-15)29-10-2-9-28-20/h3-4,7-8,11-12,16,23H,2,5-6,9-10,13H2,1H3. The number of rotatable bonds is 7. The molecule has 31 heavy (non-hydrogen) atoms. The smallest absolute Gasteiger partial charge is 0.338 e. The van der Waals surface area contributed by atoms with Crippen LogP contribution in [0, 0.1) is 6.92 Å². The van der Waals surface area contributed by atoms with Gasteiger partial charge in [0, 0.05) is 18.0 Å². The van der Waals surface area contributed by atoms with Gasteiger partial charge in [-0.3, -0.25) is 4.79 Å². The van der Waals surface area contributed by atoms with Gasteiger partial charge in [0.2, 0.25) is 10.0 Å². The number of ketones is 1. The minimum Gasteiger partial charge on any atom is -0.490 e. The second-order valence-corrected chi connectivity index (χ2v) is 9.30. The first-order chi connectivity index (χ1) is 14.8. The van der Waals surface area contributed by atoms with E-state index in [0.717, 1.165) is 19.3 Å². The van der Waals surface area contributed by atoms with Gasteiger partial charge in [-0.2, -0.15) is 0 Å². The summed E-state index contributed by atoms with van der Waals surface area (Å²) in [6.45, 7) is 2.23. The number of ether oxygens (including phenoxy) is 3. The van der Waals surface area contributed by atoms with Crippen molar-refractivity contribution in [3.8, 4) is 11.5 Å². The summed E-state index contributed by atoms with van der Waals surface area (Å²) < 4.78 is 43.7. The van der Waals surface area contributed by atoms with Gasteiger partial charge in [-0.25, -0.2) is 17.9 Å². The second kappa shape index (κ2) is 8.68. The number of aryl methyl sites for hydroxylation is 1. The van der Waals surface area contributed by atoms with E-state index in [1.165, 1.54) is 12.1 Å². The lowest BCUT2D eigenvalue weighted by molar-refractivity contribution is 0.0473. The molecule has 1 fully saturated rings. The van der Waals surface area contributed by atoms with Crippen LogP contribution in [0.5, 0.6) is 11.5 Å². The third-order valence-corrected chi connectivity index (χ3v) is 6.56. The molecule has 1 N–H and O–H groups in total. The highest BCUT2D eigenvalue weighted by Gasteiger charge is 2.28. The first kappa shape index (κ1) is 21.3. The number of fused-ring (bicyclic) bond motifs is 1. The molecule has 0 radical (unpaired) electrons. The molecule has 0 atom stereocenters. The molecule has 8 nitrogen and oxygen atoms in total. The number of carbonyl (C=O) groups excluding carboxylic acids is 2. The maximum atomic E-state index is 12.6. The van der Waals surface area contributed by atoms with Crippen molar-refractivity contribution in [3.05, 3.63) is 53.1 Å². The molecule has 0 amide bonds. The second-order valence-electron chi connectivity index (χ2n) is 7.58. The van der Waals surface area contributed by atoms with Crippen molar-refractivity contribution in [2.45, 2.75) is 37.1 Å². The average molecular weight is 445 g/mol. The maximum absolute atomic E-state index is 12.6. The van der Waals surface area contributed by atoms with Gasteiger partial charge in [0.05, 0.1) is 23.7 Å². The normalized spacial score (nSPS) is 15.8. The number of hydrogen-bond acceptors (Lipinski definition) is 7. The Labute approximate surface area is 180 Å². The molecule has 0 unspecified atom stereocenters. The van der Waals surface area contributed by atoms with E-state index >= 15 is 0 Å². The van der Waals surface area contributed by atoms with Gasteiger partial charge in [-0.15, -0.1) is 0 Å². The van der Waals surface area contributed by atoms with Gasteiger partial charge in [0.15, 0.2) is 23.9 Å². The van der Waals surface area contributed by atoms with E-state index in [-0.39, 0.29) is 16.5 Å². The van der Waals surface area contributed by atoms with E-state index in [4.69, 9.17) is 14.2 Å². The van der Waals surface area contributed by atoms with Gasteiger partial charge < -0.3 is 14.2 Å². The average Bonchev–Trinajstić information content (AvgIpc) is 3.57. The highest BCUT2D eigenvalue weighted by atomic mass is 32.2. The fraction of sp³-hybridized carbons (Fsp3) is 0.364. The van der Waals surface area contributed by atoms with E-state index < -0.39 is 28.4 Å². The predicted octanol–water partition coefficient (Wildman–Crippen LogP) is 2.64. The molecule has 0 aromatic heterocycles. The number of benzene rings is 2. The fourth-order valence-electron chi connectivity index (χ4n) is 3.11. The highest BCUT2D eigenvalue weighted by Crippen LogP contribution is 2.30. The van der Waals surface area contributed by atoms with E-state index in [0.29, 0.717) is 35.8 Å². The van der Waals surface area contributed by atoms with E-state index in [1.807, 2.05) is 0 Å². The van der Waals surface area contributed by atoms with Crippen molar-refractivity contribution in [3.63, 3.8) is 0 Å². The van der Waals surface area contributed by atoms with Gasteiger partial charge in [-0.05, 0) is 55.7 Å². The lowest BCUT2D eigenvalue weighted by atomic mass is 10.1. The highest BCUT2D eigenvalue weighted by molar-refractivity contribution is 7.89. The molecule has 1 aliphatic heterocycles. The van der Waals surface area contributed by atoms with Crippen molar-refractivity contribution < 1.29 is 32.2 Å². The SMILES string of the molecule is Cc1ccc(S(=O)(=O)NC2CC2)cc1C(=O)OCC(=O)c1ccc2c(c1)OCCCO2. The number of nitrogens with one attached hydrogen (secondary N) is 1. The molecule has 164 valence electrons. The largest absolute Gasteiger partial charge is 0.490 e. The Morgan fingerprint density at radius 1 is 1.06 bits per heavy atom. The lowest BCUT2D eigenvalue weighted by Gasteiger charge is -2.11. The van der Waals surface area contributed by atoms with Crippen LogP contribution in [-0.4, -0.2) is 46.0 Å². The molecule has 1 saturated carbocycles. The van der Waals surface area contributed by atoms with Crippen LogP contribution < -0.4 is 14.2 Å². The fourth-order valence-corrected chi connectivity index (χ4v) is 4.44. The summed E-state index contributed by atoms with van der Waals surface area (Å²) in [6.07, 6.45) is 2.36. The van der Waals surface area contributed by atoms with Crippen molar-refractivity contribution in [1.82, 2.24) is 4.72 Å². The number of Topliss-reactive ketones (excluding diaryl/α,β-unsaturated/α-hetero) is 1. The van der Waals surface area contributed by atoms with Crippen LogP contribution in [0.3, 0.4) is 0 Å². The Kier molecular flexibility index (Phi) is 5.97. The van der Waals surface area contributed by atoms with E-state index in [2.05, 4.69) is 4.72 Å². The summed E-state index contributed by atoms with van der Waals surface area (Å²) in [5.74, 6) is -0.115.